The van der Waals surface area contributed by atoms with E-state index in [4.69, 9.17) is 10.7 Å². The van der Waals surface area contributed by atoms with E-state index in [1.54, 1.807) is 0 Å². The average molecular weight is 290 g/mol. The first-order valence-electron chi connectivity index (χ1n) is 8.42. The van der Waals surface area contributed by atoms with Gasteiger partial charge >= 0.3 is 0 Å². The summed E-state index contributed by atoms with van der Waals surface area (Å²) in [4.78, 5) is 9.11. The Bertz CT molecular complexity index is 470. The molecule has 1 aromatic rings. The van der Waals surface area contributed by atoms with Crippen molar-refractivity contribution in [2.24, 2.45) is 11.8 Å². The second-order valence-electron chi connectivity index (χ2n) is 6.69. The van der Waals surface area contributed by atoms with Crippen molar-refractivity contribution < 1.29 is 0 Å². The van der Waals surface area contributed by atoms with Crippen LogP contribution < -0.4 is 11.1 Å². The molecule has 0 saturated heterocycles. The number of nitrogen functional groups attached to an aromatic ring is 1. The fourth-order valence-corrected chi connectivity index (χ4v) is 3.37. The lowest BCUT2D eigenvalue weighted by Gasteiger charge is -2.35. The summed E-state index contributed by atoms with van der Waals surface area (Å²) in [6.45, 7) is 8.81. The Kier molecular flexibility index (Phi) is 5.43. The van der Waals surface area contributed by atoms with Gasteiger partial charge in [0, 0.05) is 18.0 Å². The molecule has 118 valence electrons. The van der Waals surface area contributed by atoms with Crippen molar-refractivity contribution in [1.82, 2.24) is 9.97 Å². The molecule has 0 spiro atoms. The molecule has 1 aromatic heterocycles. The molecule has 2 rings (SSSR count). The van der Waals surface area contributed by atoms with Gasteiger partial charge in [0.15, 0.2) is 0 Å². The molecule has 1 saturated carbocycles. The van der Waals surface area contributed by atoms with Gasteiger partial charge in [-0.3, -0.25) is 0 Å². The number of hydrogen-bond donors (Lipinski definition) is 2. The Morgan fingerprint density at radius 2 is 1.95 bits per heavy atom. The van der Waals surface area contributed by atoms with Crippen LogP contribution in [0.4, 0.5) is 11.6 Å². The molecule has 1 aliphatic carbocycles. The van der Waals surface area contributed by atoms with E-state index in [1.807, 2.05) is 6.92 Å². The van der Waals surface area contributed by atoms with Crippen LogP contribution in [0.5, 0.6) is 0 Å². The Labute approximate surface area is 128 Å². The van der Waals surface area contributed by atoms with Gasteiger partial charge in [-0.1, -0.05) is 33.6 Å². The highest BCUT2D eigenvalue weighted by Gasteiger charge is 2.28. The second-order valence-corrected chi connectivity index (χ2v) is 6.69. The Hall–Kier alpha value is -1.32. The minimum atomic E-state index is 0.515. The SMILES string of the molecule is CCCc1nc(N)c(C)c(NC2CCCCC2C(C)C)n1. The van der Waals surface area contributed by atoms with Crippen LogP contribution in [0.2, 0.25) is 0 Å². The van der Waals surface area contributed by atoms with E-state index in [0.717, 1.165) is 36.0 Å². The molecule has 0 bridgehead atoms. The first-order chi connectivity index (χ1) is 10.0. The summed E-state index contributed by atoms with van der Waals surface area (Å²) < 4.78 is 0. The predicted molar refractivity (Wildman–Crippen MR) is 89.4 cm³/mol. The van der Waals surface area contributed by atoms with E-state index in [0.29, 0.717) is 17.8 Å². The highest BCUT2D eigenvalue weighted by atomic mass is 15.1. The smallest absolute Gasteiger partial charge is 0.134 e. The van der Waals surface area contributed by atoms with Crippen LogP contribution in [0.3, 0.4) is 0 Å². The highest BCUT2D eigenvalue weighted by Crippen LogP contribution is 2.33. The number of rotatable bonds is 5. The molecule has 1 heterocycles. The van der Waals surface area contributed by atoms with Crippen LogP contribution >= 0.6 is 0 Å². The lowest BCUT2D eigenvalue weighted by Crippen LogP contribution is -2.36. The zero-order chi connectivity index (χ0) is 15.4. The number of aryl methyl sites for hydroxylation is 1. The number of nitrogens with two attached hydrogens (primary N) is 1. The van der Waals surface area contributed by atoms with Gasteiger partial charge in [0.1, 0.15) is 17.5 Å². The van der Waals surface area contributed by atoms with Gasteiger partial charge in [-0.2, -0.15) is 0 Å². The number of nitrogens with zero attached hydrogens (tertiary/aromatic N) is 2. The summed E-state index contributed by atoms with van der Waals surface area (Å²) in [5.74, 6) is 3.86. The van der Waals surface area contributed by atoms with E-state index < -0.39 is 0 Å². The van der Waals surface area contributed by atoms with Crippen LogP contribution in [0.15, 0.2) is 0 Å². The molecular weight excluding hydrogens is 260 g/mol. The van der Waals surface area contributed by atoms with Crippen LogP contribution in [-0.4, -0.2) is 16.0 Å². The lowest BCUT2D eigenvalue weighted by atomic mass is 9.78. The summed E-state index contributed by atoms with van der Waals surface area (Å²) >= 11 is 0. The van der Waals surface area contributed by atoms with Gasteiger partial charge in [-0.05, 0) is 38.0 Å². The third kappa shape index (κ3) is 3.86. The summed E-state index contributed by atoms with van der Waals surface area (Å²) in [7, 11) is 0. The monoisotopic (exact) mass is 290 g/mol. The van der Waals surface area contributed by atoms with E-state index in [9.17, 15) is 0 Å². The molecule has 0 aliphatic heterocycles. The maximum Gasteiger partial charge on any atom is 0.134 e. The number of anilines is 2. The molecule has 4 heteroatoms. The third-order valence-corrected chi connectivity index (χ3v) is 4.70. The molecule has 3 N–H and O–H groups in total. The fraction of sp³-hybridized carbons (Fsp3) is 0.765. The van der Waals surface area contributed by atoms with E-state index in [-0.39, 0.29) is 0 Å². The maximum atomic E-state index is 6.06. The van der Waals surface area contributed by atoms with Gasteiger partial charge < -0.3 is 11.1 Å². The number of hydrogen-bond acceptors (Lipinski definition) is 4. The first-order valence-corrected chi connectivity index (χ1v) is 8.42. The van der Waals surface area contributed by atoms with Gasteiger partial charge in [0.05, 0.1) is 0 Å². The number of nitrogens with one attached hydrogen (secondary N) is 1. The molecular formula is C17H30N4. The quantitative estimate of drug-likeness (QED) is 0.862. The van der Waals surface area contributed by atoms with Crippen LogP contribution in [-0.2, 0) is 6.42 Å². The van der Waals surface area contributed by atoms with Crippen molar-refractivity contribution in [1.29, 1.82) is 0 Å². The number of aromatic nitrogens is 2. The normalized spacial score (nSPS) is 22.5. The molecule has 1 fully saturated rings. The Morgan fingerprint density at radius 1 is 1.24 bits per heavy atom. The molecule has 1 aliphatic rings. The van der Waals surface area contributed by atoms with Crippen LogP contribution in [0.25, 0.3) is 0 Å². The lowest BCUT2D eigenvalue weighted by molar-refractivity contribution is 0.253. The van der Waals surface area contributed by atoms with Crippen molar-refractivity contribution in [2.75, 3.05) is 11.1 Å². The van der Waals surface area contributed by atoms with Crippen molar-refractivity contribution in [3.8, 4) is 0 Å². The summed E-state index contributed by atoms with van der Waals surface area (Å²) in [6, 6.07) is 0.515. The molecule has 21 heavy (non-hydrogen) atoms. The molecule has 2 unspecified atom stereocenters. The fourth-order valence-electron chi connectivity index (χ4n) is 3.37. The summed E-state index contributed by atoms with van der Waals surface area (Å²) in [5, 5.41) is 3.69. The highest BCUT2D eigenvalue weighted by molar-refractivity contribution is 5.55. The second kappa shape index (κ2) is 7.10. The van der Waals surface area contributed by atoms with Gasteiger partial charge in [0.2, 0.25) is 0 Å². The standard InChI is InChI=1S/C17H30N4/c1-5-8-15-20-16(18)12(4)17(21-15)19-14-10-7-6-9-13(14)11(2)3/h11,13-14H,5-10H2,1-4H3,(H3,18,19,20,21). The van der Waals surface area contributed by atoms with E-state index in [2.05, 4.69) is 31.1 Å². The minimum Gasteiger partial charge on any atom is -0.383 e. The maximum absolute atomic E-state index is 6.06. The predicted octanol–water partition coefficient (Wildman–Crippen LogP) is 3.95. The van der Waals surface area contributed by atoms with Gasteiger partial charge in [-0.25, -0.2) is 9.97 Å². The van der Waals surface area contributed by atoms with Crippen molar-refractivity contribution in [3.63, 3.8) is 0 Å². The zero-order valence-electron chi connectivity index (χ0n) is 13.9. The zero-order valence-corrected chi connectivity index (χ0v) is 13.9. The molecule has 0 aromatic carbocycles. The third-order valence-electron chi connectivity index (χ3n) is 4.70. The molecule has 2 atom stereocenters. The summed E-state index contributed by atoms with van der Waals surface area (Å²) in [6.07, 6.45) is 7.14. The minimum absolute atomic E-state index is 0.515. The largest absolute Gasteiger partial charge is 0.383 e. The Balaban J connectivity index is 2.20. The first kappa shape index (κ1) is 16.1. The van der Waals surface area contributed by atoms with Crippen LogP contribution in [0.1, 0.15) is 64.3 Å². The molecule has 0 amide bonds. The Morgan fingerprint density at radius 3 is 2.62 bits per heavy atom. The molecule has 0 radical (unpaired) electrons. The topological polar surface area (TPSA) is 63.8 Å². The van der Waals surface area contributed by atoms with Gasteiger partial charge in [-0.15, -0.1) is 0 Å². The van der Waals surface area contributed by atoms with E-state index in [1.165, 1.54) is 25.7 Å². The summed E-state index contributed by atoms with van der Waals surface area (Å²) in [5.41, 5.74) is 7.05. The van der Waals surface area contributed by atoms with Crippen molar-refractivity contribution in [3.05, 3.63) is 11.4 Å². The van der Waals surface area contributed by atoms with Crippen molar-refractivity contribution >= 4 is 11.6 Å². The van der Waals surface area contributed by atoms with Crippen LogP contribution in [0, 0.1) is 18.8 Å². The van der Waals surface area contributed by atoms with Gasteiger partial charge in [0.25, 0.3) is 0 Å². The average Bonchev–Trinajstić information content (AvgIpc) is 2.45. The van der Waals surface area contributed by atoms with E-state index >= 15 is 0 Å². The van der Waals surface area contributed by atoms with Crippen molar-refractivity contribution in [2.45, 2.75) is 72.3 Å². The molecule has 4 nitrogen and oxygen atoms in total.